The minimum atomic E-state index is -0.0284. The molecule has 6 nitrogen and oxygen atoms in total. The molecule has 2 aromatic carbocycles. The predicted molar refractivity (Wildman–Crippen MR) is 131 cm³/mol. The number of amides is 2. The van der Waals surface area contributed by atoms with E-state index in [2.05, 4.69) is 26.2 Å². The number of hydrogen-bond donors (Lipinski definition) is 1. The average Bonchev–Trinajstić information content (AvgIpc) is 2.83. The third-order valence-electron chi connectivity index (χ3n) is 6.23. The van der Waals surface area contributed by atoms with Crippen molar-refractivity contribution in [3.05, 3.63) is 70.8 Å². The molecule has 1 aromatic heterocycles. The molecule has 1 N–H and O–H groups in total. The van der Waals surface area contributed by atoms with Gasteiger partial charge in [-0.2, -0.15) is 4.98 Å². The number of nitrogens with zero attached hydrogens (tertiary/aromatic N) is 4. The smallest absolute Gasteiger partial charge is 0.324 e. The van der Waals surface area contributed by atoms with Crippen molar-refractivity contribution in [2.45, 2.75) is 38.6 Å². The summed E-state index contributed by atoms with van der Waals surface area (Å²) in [4.78, 5) is 26.8. The van der Waals surface area contributed by atoms with Crippen molar-refractivity contribution in [1.29, 1.82) is 0 Å². The van der Waals surface area contributed by atoms with Gasteiger partial charge in [-0.1, -0.05) is 49.6 Å². The van der Waals surface area contributed by atoms with Crippen LogP contribution in [0.3, 0.4) is 0 Å². The van der Waals surface area contributed by atoms with Crippen molar-refractivity contribution in [2.75, 3.05) is 21.7 Å². The fraction of sp³-hybridized carbons (Fsp3) is 0.320. The zero-order chi connectivity index (χ0) is 21.9. The van der Waals surface area contributed by atoms with Crippen LogP contribution in [0, 0.1) is 5.92 Å². The molecule has 7 heteroatoms. The molecule has 2 heterocycles. The Bertz CT molecular complexity index is 1100. The summed E-state index contributed by atoms with van der Waals surface area (Å²) in [6.07, 6.45) is 7.92. The molecule has 2 aliphatic rings. The van der Waals surface area contributed by atoms with Gasteiger partial charge in [0.2, 0.25) is 5.95 Å². The standard InChI is InChI=1S/C25H26BrN5O/c26-21-13-7-8-14-22(21)30-17-19-15-27-24(28-20-11-5-2-6-12-20)29-23(19)31(25(30)32)16-18-9-3-1-4-10-18/h2,5-8,11-15,18H,1,3-4,9-10,16-17H2,(H,27,28,29). The first kappa shape index (κ1) is 20.9. The van der Waals surface area contributed by atoms with E-state index in [-0.39, 0.29) is 6.03 Å². The van der Waals surface area contributed by atoms with E-state index >= 15 is 0 Å². The Kier molecular flexibility index (Phi) is 6.08. The van der Waals surface area contributed by atoms with E-state index < -0.39 is 0 Å². The molecule has 0 unspecified atom stereocenters. The third-order valence-corrected chi connectivity index (χ3v) is 6.90. The van der Waals surface area contributed by atoms with Crippen molar-refractivity contribution >= 4 is 45.1 Å². The molecule has 0 atom stereocenters. The van der Waals surface area contributed by atoms with Gasteiger partial charge in [-0.05, 0) is 59.0 Å². The number of halogens is 1. The molecule has 5 rings (SSSR count). The fourth-order valence-electron chi connectivity index (χ4n) is 4.58. The van der Waals surface area contributed by atoms with Crippen LogP contribution in [0.1, 0.15) is 37.7 Å². The number of benzene rings is 2. The Labute approximate surface area is 196 Å². The molecule has 32 heavy (non-hydrogen) atoms. The number of para-hydroxylation sites is 2. The summed E-state index contributed by atoms with van der Waals surface area (Å²) in [5, 5.41) is 3.26. The predicted octanol–water partition coefficient (Wildman–Crippen LogP) is 6.51. The highest BCUT2D eigenvalue weighted by atomic mass is 79.9. The maximum absolute atomic E-state index is 13.7. The molecule has 0 bridgehead atoms. The zero-order valence-electron chi connectivity index (χ0n) is 17.9. The lowest BCUT2D eigenvalue weighted by Crippen LogP contribution is -2.50. The van der Waals surface area contributed by atoms with Crippen LogP contribution in [-0.2, 0) is 6.54 Å². The van der Waals surface area contributed by atoms with Crippen LogP contribution in [0.2, 0.25) is 0 Å². The average molecular weight is 492 g/mol. The molecule has 1 saturated carbocycles. The van der Waals surface area contributed by atoms with Crippen LogP contribution >= 0.6 is 15.9 Å². The highest BCUT2D eigenvalue weighted by molar-refractivity contribution is 9.10. The maximum Gasteiger partial charge on any atom is 0.330 e. The molecule has 1 aliphatic heterocycles. The highest BCUT2D eigenvalue weighted by Crippen LogP contribution is 2.36. The quantitative estimate of drug-likeness (QED) is 0.441. The Morgan fingerprint density at radius 3 is 2.53 bits per heavy atom. The Balaban J connectivity index is 1.50. The van der Waals surface area contributed by atoms with Crippen LogP contribution in [-0.4, -0.2) is 22.5 Å². The van der Waals surface area contributed by atoms with E-state index in [1.54, 1.807) is 0 Å². The molecule has 2 amide bonds. The van der Waals surface area contributed by atoms with Crippen LogP contribution < -0.4 is 15.1 Å². The van der Waals surface area contributed by atoms with Gasteiger partial charge in [0.1, 0.15) is 5.82 Å². The van der Waals surface area contributed by atoms with E-state index in [1.165, 1.54) is 19.3 Å². The largest absolute Gasteiger partial charge is 0.330 e. The second-order valence-electron chi connectivity index (χ2n) is 8.47. The van der Waals surface area contributed by atoms with Crippen molar-refractivity contribution in [3.63, 3.8) is 0 Å². The number of rotatable bonds is 5. The molecule has 0 saturated heterocycles. The summed E-state index contributed by atoms with van der Waals surface area (Å²) in [5.74, 6) is 1.73. The Morgan fingerprint density at radius 1 is 1.00 bits per heavy atom. The number of carbonyl (C=O) groups excluding carboxylic acids is 1. The van der Waals surface area contributed by atoms with Gasteiger partial charge in [-0.25, -0.2) is 9.78 Å². The lowest BCUT2D eigenvalue weighted by Gasteiger charge is -2.38. The van der Waals surface area contributed by atoms with E-state index in [1.807, 2.05) is 70.6 Å². The minimum Gasteiger partial charge on any atom is -0.324 e. The molecule has 1 aliphatic carbocycles. The number of carbonyl (C=O) groups is 1. The second kappa shape index (κ2) is 9.28. The van der Waals surface area contributed by atoms with Crippen LogP contribution in [0.4, 0.5) is 27.9 Å². The summed E-state index contributed by atoms with van der Waals surface area (Å²) in [6, 6.07) is 17.7. The van der Waals surface area contributed by atoms with Crippen LogP contribution in [0.15, 0.2) is 65.3 Å². The lowest BCUT2D eigenvalue weighted by molar-refractivity contribution is 0.246. The Hall–Kier alpha value is -2.93. The monoisotopic (exact) mass is 491 g/mol. The third kappa shape index (κ3) is 4.35. The van der Waals surface area contributed by atoms with E-state index in [9.17, 15) is 4.79 Å². The lowest BCUT2D eigenvalue weighted by atomic mass is 9.89. The zero-order valence-corrected chi connectivity index (χ0v) is 19.5. The number of anilines is 4. The van der Waals surface area contributed by atoms with Crippen molar-refractivity contribution in [3.8, 4) is 0 Å². The van der Waals surface area contributed by atoms with Crippen LogP contribution in [0.5, 0.6) is 0 Å². The molecular weight excluding hydrogens is 466 g/mol. The summed E-state index contributed by atoms with van der Waals surface area (Å²) in [5.41, 5.74) is 2.74. The number of urea groups is 1. The van der Waals surface area contributed by atoms with E-state index in [0.29, 0.717) is 25.0 Å². The summed E-state index contributed by atoms with van der Waals surface area (Å²) >= 11 is 3.61. The van der Waals surface area contributed by atoms with Crippen molar-refractivity contribution in [1.82, 2.24) is 9.97 Å². The summed E-state index contributed by atoms with van der Waals surface area (Å²) in [7, 11) is 0. The minimum absolute atomic E-state index is 0.0284. The number of hydrogen-bond acceptors (Lipinski definition) is 4. The van der Waals surface area contributed by atoms with Gasteiger partial charge in [0, 0.05) is 28.5 Å². The number of nitrogens with one attached hydrogen (secondary N) is 1. The summed E-state index contributed by atoms with van der Waals surface area (Å²) in [6.45, 7) is 1.14. The second-order valence-corrected chi connectivity index (χ2v) is 9.32. The van der Waals surface area contributed by atoms with E-state index in [0.717, 1.165) is 40.1 Å². The van der Waals surface area contributed by atoms with Gasteiger partial charge in [0.25, 0.3) is 0 Å². The SMILES string of the molecule is O=C1N(c2ccccc2Br)Cc2cnc(Nc3ccccc3)nc2N1CC1CCCCC1. The van der Waals surface area contributed by atoms with Gasteiger partial charge in [-0.15, -0.1) is 0 Å². The molecule has 1 fully saturated rings. The molecule has 3 aromatic rings. The highest BCUT2D eigenvalue weighted by Gasteiger charge is 2.35. The molecule has 0 spiro atoms. The molecule has 164 valence electrons. The summed E-state index contributed by atoms with van der Waals surface area (Å²) < 4.78 is 0.901. The normalized spacial score (nSPS) is 16.7. The van der Waals surface area contributed by atoms with Gasteiger partial charge >= 0.3 is 6.03 Å². The molecule has 0 radical (unpaired) electrons. The van der Waals surface area contributed by atoms with Crippen molar-refractivity contribution < 1.29 is 4.79 Å². The first-order chi connectivity index (χ1) is 15.7. The maximum atomic E-state index is 13.7. The fourth-order valence-corrected chi connectivity index (χ4v) is 5.08. The van der Waals surface area contributed by atoms with Gasteiger partial charge < -0.3 is 5.32 Å². The first-order valence-electron chi connectivity index (χ1n) is 11.2. The molecular formula is C25H26BrN5O. The Morgan fingerprint density at radius 2 is 1.75 bits per heavy atom. The van der Waals surface area contributed by atoms with Gasteiger partial charge in [0.05, 0.1) is 12.2 Å². The topological polar surface area (TPSA) is 61.4 Å². The van der Waals surface area contributed by atoms with Crippen molar-refractivity contribution in [2.24, 2.45) is 5.92 Å². The number of fused-ring (bicyclic) bond motifs is 1. The number of aromatic nitrogens is 2. The first-order valence-corrected chi connectivity index (χ1v) is 12.0. The van der Waals surface area contributed by atoms with Gasteiger partial charge in [0.15, 0.2) is 0 Å². The van der Waals surface area contributed by atoms with Gasteiger partial charge in [-0.3, -0.25) is 9.80 Å². The van der Waals surface area contributed by atoms with Crippen LogP contribution in [0.25, 0.3) is 0 Å². The van der Waals surface area contributed by atoms with E-state index in [4.69, 9.17) is 4.98 Å².